The van der Waals surface area contributed by atoms with Crippen LogP contribution in [0.1, 0.15) is 19.8 Å². The van der Waals surface area contributed by atoms with Crippen LogP contribution in [0.25, 0.3) is 0 Å². The first-order chi connectivity index (χ1) is 7.59. The zero-order chi connectivity index (χ0) is 11.7. The van der Waals surface area contributed by atoms with Gasteiger partial charge in [-0.25, -0.2) is 0 Å². The van der Waals surface area contributed by atoms with Crippen LogP contribution >= 0.6 is 0 Å². The number of rotatable bonds is 1. The van der Waals surface area contributed by atoms with Gasteiger partial charge in [0, 0.05) is 6.42 Å². The molecule has 0 spiro atoms. The van der Waals surface area contributed by atoms with E-state index in [1.807, 2.05) is 0 Å². The van der Waals surface area contributed by atoms with E-state index in [4.69, 9.17) is 0 Å². The third-order valence-electron chi connectivity index (χ3n) is 3.07. The monoisotopic (exact) mass is 219 g/mol. The Morgan fingerprint density at radius 3 is 2.75 bits per heavy atom. The van der Waals surface area contributed by atoms with Crippen molar-refractivity contribution in [2.75, 3.05) is 0 Å². The maximum Gasteiger partial charge on any atom is 0.230 e. The van der Waals surface area contributed by atoms with Crippen LogP contribution in [0.4, 0.5) is 0 Å². The molecule has 2 rings (SSSR count). The number of hydrogen-bond donors (Lipinski definition) is 1. The normalized spacial score (nSPS) is 30.1. The minimum absolute atomic E-state index is 0.0167. The highest BCUT2D eigenvalue weighted by Gasteiger charge is 2.36. The lowest BCUT2D eigenvalue weighted by molar-refractivity contribution is -0.139. The van der Waals surface area contributed by atoms with Crippen molar-refractivity contribution < 1.29 is 14.4 Å². The number of hydrogen-bond acceptors (Lipinski definition) is 3. The summed E-state index contributed by atoms with van der Waals surface area (Å²) in [6, 6.07) is 0. The number of Topliss-reactive ketones (excluding diaryl/α,β-unsaturated/α-hetero) is 1. The summed E-state index contributed by atoms with van der Waals surface area (Å²) in [5.41, 5.74) is 0.664. The average Bonchev–Trinajstić information content (AvgIpc) is 2.23. The number of amides is 2. The average molecular weight is 219 g/mol. The summed E-state index contributed by atoms with van der Waals surface area (Å²) in [5, 5.41) is 2.28. The fourth-order valence-electron chi connectivity index (χ4n) is 2.12. The molecule has 4 nitrogen and oxygen atoms in total. The Morgan fingerprint density at radius 1 is 1.31 bits per heavy atom. The highest BCUT2D eigenvalue weighted by Crippen LogP contribution is 2.27. The molecule has 0 saturated carbocycles. The third-order valence-corrected chi connectivity index (χ3v) is 3.07. The molecule has 1 fully saturated rings. The molecule has 0 aromatic carbocycles. The highest BCUT2D eigenvalue weighted by atomic mass is 16.2. The molecular weight excluding hydrogens is 206 g/mol. The minimum Gasteiger partial charge on any atom is -0.296 e. The second kappa shape index (κ2) is 4.04. The SMILES string of the molecule is CC1=CC=CC(C2CCC(=O)NC2=O)C1=O. The predicted octanol–water partition coefficient (Wildman–Crippen LogP) is 0.741. The van der Waals surface area contributed by atoms with E-state index in [0.717, 1.165) is 0 Å². The van der Waals surface area contributed by atoms with Crippen molar-refractivity contribution in [1.82, 2.24) is 5.32 Å². The molecule has 0 bridgehead atoms. The predicted molar refractivity (Wildman–Crippen MR) is 57.3 cm³/mol. The maximum atomic E-state index is 11.9. The second-order valence-electron chi connectivity index (χ2n) is 4.18. The Hall–Kier alpha value is -1.71. The lowest BCUT2D eigenvalue weighted by Gasteiger charge is -2.27. The van der Waals surface area contributed by atoms with Crippen LogP contribution in [0, 0.1) is 11.8 Å². The van der Waals surface area contributed by atoms with Gasteiger partial charge in [0.05, 0.1) is 11.8 Å². The van der Waals surface area contributed by atoms with Crippen LogP contribution in [0.3, 0.4) is 0 Å². The van der Waals surface area contributed by atoms with Gasteiger partial charge in [-0.3, -0.25) is 19.7 Å². The largest absolute Gasteiger partial charge is 0.296 e. The van der Waals surface area contributed by atoms with Gasteiger partial charge in [-0.2, -0.15) is 0 Å². The maximum absolute atomic E-state index is 11.9. The van der Waals surface area contributed by atoms with Gasteiger partial charge in [-0.1, -0.05) is 18.2 Å². The Morgan fingerprint density at radius 2 is 2.06 bits per heavy atom. The van der Waals surface area contributed by atoms with Crippen LogP contribution < -0.4 is 5.32 Å². The molecule has 0 radical (unpaired) electrons. The smallest absolute Gasteiger partial charge is 0.230 e. The first-order valence-electron chi connectivity index (χ1n) is 5.32. The van der Waals surface area contributed by atoms with Crippen molar-refractivity contribution in [3.05, 3.63) is 23.8 Å². The summed E-state index contributed by atoms with van der Waals surface area (Å²) >= 11 is 0. The van der Waals surface area contributed by atoms with Gasteiger partial charge in [-0.15, -0.1) is 0 Å². The second-order valence-corrected chi connectivity index (χ2v) is 4.18. The Bertz CT molecular complexity index is 420. The van der Waals surface area contributed by atoms with E-state index in [-0.39, 0.29) is 17.6 Å². The minimum atomic E-state index is -0.405. The lowest BCUT2D eigenvalue weighted by atomic mass is 9.79. The van der Waals surface area contributed by atoms with Gasteiger partial charge in [0.2, 0.25) is 11.8 Å². The summed E-state index contributed by atoms with van der Waals surface area (Å²) in [5.74, 6) is -1.39. The molecule has 4 heteroatoms. The molecule has 2 atom stereocenters. The fourth-order valence-corrected chi connectivity index (χ4v) is 2.12. The summed E-state index contributed by atoms with van der Waals surface area (Å²) in [6.07, 6.45) is 6.06. The van der Waals surface area contributed by atoms with Crippen LogP contribution in [0.5, 0.6) is 0 Å². The molecule has 1 saturated heterocycles. The van der Waals surface area contributed by atoms with Crippen LogP contribution in [0.2, 0.25) is 0 Å². The number of nitrogens with one attached hydrogen (secondary N) is 1. The van der Waals surface area contributed by atoms with Crippen molar-refractivity contribution in [3.8, 4) is 0 Å². The summed E-state index contributed by atoms with van der Waals surface area (Å²) in [6.45, 7) is 1.74. The Kier molecular flexibility index (Phi) is 2.73. The van der Waals surface area contributed by atoms with E-state index in [2.05, 4.69) is 5.32 Å². The molecule has 1 aliphatic carbocycles. The van der Waals surface area contributed by atoms with Crippen molar-refractivity contribution in [2.45, 2.75) is 19.8 Å². The third kappa shape index (κ3) is 1.83. The van der Waals surface area contributed by atoms with Gasteiger partial charge in [0.1, 0.15) is 0 Å². The highest BCUT2D eigenvalue weighted by molar-refractivity contribution is 6.05. The first kappa shape index (κ1) is 10.8. The number of carbonyl (C=O) groups is 3. The molecule has 0 aromatic heterocycles. The van der Waals surface area contributed by atoms with Crippen LogP contribution in [-0.4, -0.2) is 17.6 Å². The molecule has 1 heterocycles. The Balaban J connectivity index is 2.17. The van der Waals surface area contributed by atoms with E-state index in [1.165, 1.54) is 0 Å². The molecule has 0 aromatic rings. The van der Waals surface area contributed by atoms with E-state index in [1.54, 1.807) is 25.2 Å². The van der Waals surface area contributed by atoms with Gasteiger partial charge in [-0.05, 0) is 18.9 Å². The number of imide groups is 1. The van der Waals surface area contributed by atoms with E-state index in [0.29, 0.717) is 18.4 Å². The van der Waals surface area contributed by atoms with Gasteiger partial charge in [0.25, 0.3) is 0 Å². The molecule has 2 unspecified atom stereocenters. The topological polar surface area (TPSA) is 63.2 Å². The van der Waals surface area contributed by atoms with Gasteiger partial charge < -0.3 is 0 Å². The lowest BCUT2D eigenvalue weighted by Crippen LogP contribution is -2.45. The molecule has 2 aliphatic rings. The summed E-state index contributed by atoms with van der Waals surface area (Å²) in [7, 11) is 0. The first-order valence-corrected chi connectivity index (χ1v) is 5.32. The van der Waals surface area contributed by atoms with Crippen molar-refractivity contribution in [3.63, 3.8) is 0 Å². The molecule has 16 heavy (non-hydrogen) atoms. The van der Waals surface area contributed by atoms with Crippen molar-refractivity contribution in [2.24, 2.45) is 11.8 Å². The van der Waals surface area contributed by atoms with Crippen molar-refractivity contribution >= 4 is 17.6 Å². The van der Waals surface area contributed by atoms with E-state index in [9.17, 15) is 14.4 Å². The van der Waals surface area contributed by atoms with Gasteiger partial charge >= 0.3 is 0 Å². The van der Waals surface area contributed by atoms with Crippen molar-refractivity contribution in [1.29, 1.82) is 0 Å². The number of allylic oxidation sites excluding steroid dienone is 4. The molecule has 84 valence electrons. The van der Waals surface area contributed by atoms with Crippen LogP contribution in [-0.2, 0) is 14.4 Å². The zero-order valence-corrected chi connectivity index (χ0v) is 9.03. The van der Waals surface area contributed by atoms with E-state index >= 15 is 0 Å². The zero-order valence-electron chi connectivity index (χ0n) is 9.03. The fraction of sp³-hybridized carbons (Fsp3) is 0.417. The number of carbonyl (C=O) groups excluding carboxylic acids is 3. The van der Waals surface area contributed by atoms with Gasteiger partial charge in [0.15, 0.2) is 5.78 Å². The van der Waals surface area contributed by atoms with E-state index < -0.39 is 11.8 Å². The molecular formula is C12H13NO3. The number of piperidine rings is 1. The molecule has 1 aliphatic heterocycles. The Labute approximate surface area is 93.4 Å². The molecule has 1 N–H and O–H groups in total. The number of ketones is 1. The molecule has 2 amide bonds. The van der Waals surface area contributed by atoms with Crippen LogP contribution in [0.15, 0.2) is 23.8 Å². The summed E-state index contributed by atoms with van der Waals surface area (Å²) in [4.78, 5) is 34.5. The quantitative estimate of drug-likeness (QED) is 0.661. The standard InChI is InChI=1S/C12H13NO3/c1-7-3-2-4-8(11(7)15)9-5-6-10(14)13-12(9)16/h2-4,8-9H,5-6H2,1H3,(H,13,14,16). The summed E-state index contributed by atoms with van der Waals surface area (Å²) < 4.78 is 0.